The summed E-state index contributed by atoms with van der Waals surface area (Å²) in [6, 6.07) is 15.1. The molecule has 2 amide bonds. The molecule has 7 heteroatoms. The van der Waals surface area contributed by atoms with Crippen molar-refractivity contribution in [3.8, 4) is 11.3 Å². The average Bonchev–Trinajstić information content (AvgIpc) is 3.43. The Kier molecular flexibility index (Phi) is 5.57. The van der Waals surface area contributed by atoms with Crippen LogP contribution in [-0.4, -0.2) is 29.4 Å². The number of hydrogen-bond donors (Lipinski definition) is 3. The molecule has 0 saturated heterocycles. The zero-order chi connectivity index (χ0) is 20.2. The van der Waals surface area contributed by atoms with Gasteiger partial charge in [0, 0.05) is 33.9 Å². The Balaban J connectivity index is 1.30. The summed E-state index contributed by atoms with van der Waals surface area (Å²) in [7, 11) is 0. The number of hydrogen-bond acceptors (Lipinski definition) is 5. The van der Waals surface area contributed by atoms with Crippen molar-refractivity contribution in [2.75, 3.05) is 17.2 Å². The van der Waals surface area contributed by atoms with E-state index in [0.717, 1.165) is 40.5 Å². The van der Waals surface area contributed by atoms with Crippen molar-refractivity contribution in [3.63, 3.8) is 0 Å². The summed E-state index contributed by atoms with van der Waals surface area (Å²) in [5, 5.41) is 11.9. The topological polar surface area (TPSA) is 83.1 Å². The van der Waals surface area contributed by atoms with E-state index in [-0.39, 0.29) is 18.4 Å². The Morgan fingerprint density at radius 1 is 1.10 bits per heavy atom. The fraction of sp³-hybridized carbons (Fsp3) is 0.227. The lowest BCUT2D eigenvalue weighted by Crippen LogP contribution is -2.25. The first-order valence-corrected chi connectivity index (χ1v) is 10.4. The van der Waals surface area contributed by atoms with E-state index in [1.807, 2.05) is 36.6 Å². The molecule has 0 bridgehead atoms. The largest absolute Gasteiger partial charge is 0.376 e. The van der Waals surface area contributed by atoms with Crippen LogP contribution < -0.4 is 16.0 Å². The van der Waals surface area contributed by atoms with E-state index in [1.54, 1.807) is 35.6 Å². The van der Waals surface area contributed by atoms with Crippen LogP contribution >= 0.6 is 11.3 Å². The number of anilines is 2. The molecule has 1 aliphatic carbocycles. The van der Waals surface area contributed by atoms with Gasteiger partial charge in [-0.15, -0.1) is 11.3 Å². The normalized spacial score (nSPS) is 13.0. The van der Waals surface area contributed by atoms with Crippen molar-refractivity contribution in [1.29, 1.82) is 0 Å². The predicted molar refractivity (Wildman–Crippen MR) is 116 cm³/mol. The number of carbonyl (C=O) groups excluding carboxylic acids is 2. The summed E-state index contributed by atoms with van der Waals surface area (Å²) in [5.74, 6) is -0.195. The van der Waals surface area contributed by atoms with Crippen LogP contribution in [0.1, 0.15) is 28.2 Å². The molecular formula is C22H22N4O2S. The van der Waals surface area contributed by atoms with E-state index in [1.165, 1.54) is 0 Å². The first kappa shape index (κ1) is 19.1. The van der Waals surface area contributed by atoms with Gasteiger partial charge < -0.3 is 16.0 Å². The van der Waals surface area contributed by atoms with Crippen molar-refractivity contribution in [1.82, 2.24) is 10.3 Å². The number of carbonyl (C=O) groups is 2. The molecule has 1 saturated carbocycles. The molecule has 1 aromatic heterocycles. The maximum Gasteiger partial charge on any atom is 0.251 e. The molecule has 29 heavy (non-hydrogen) atoms. The van der Waals surface area contributed by atoms with Crippen LogP contribution in [0, 0.1) is 6.92 Å². The van der Waals surface area contributed by atoms with Gasteiger partial charge in [-0.1, -0.05) is 12.1 Å². The van der Waals surface area contributed by atoms with Crippen LogP contribution in [0.4, 0.5) is 11.4 Å². The summed E-state index contributed by atoms with van der Waals surface area (Å²) in [4.78, 5) is 28.8. The van der Waals surface area contributed by atoms with E-state index in [2.05, 4.69) is 20.9 Å². The van der Waals surface area contributed by atoms with Gasteiger partial charge in [0.2, 0.25) is 5.91 Å². The van der Waals surface area contributed by atoms with Gasteiger partial charge in [-0.25, -0.2) is 4.98 Å². The van der Waals surface area contributed by atoms with Crippen molar-refractivity contribution >= 4 is 34.5 Å². The van der Waals surface area contributed by atoms with E-state index < -0.39 is 0 Å². The number of amides is 2. The van der Waals surface area contributed by atoms with E-state index in [9.17, 15) is 9.59 Å². The Labute approximate surface area is 173 Å². The monoisotopic (exact) mass is 406 g/mol. The van der Waals surface area contributed by atoms with Crippen LogP contribution in [-0.2, 0) is 4.79 Å². The van der Waals surface area contributed by atoms with Gasteiger partial charge in [0.25, 0.3) is 5.91 Å². The maximum atomic E-state index is 12.3. The highest BCUT2D eigenvalue weighted by molar-refractivity contribution is 7.09. The minimum absolute atomic E-state index is 0.0491. The van der Waals surface area contributed by atoms with E-state index in [4.69, 9.17) is 0 Å². The average molecular weight is 407 g/mol. The van der Waals surface area contributed by atoms with Gasteiger partial charge >= 0.3 is 0 Å². The Hall–Kier alpha value is -3.19. The molecule has 3 aromatic rings. The molecule has 1 heterocycles. The summed E-state index contributed by atoms with van der Waals surface area (Å²) in [6.45, 7) is 2.10. The summed E-state index contributed by atoms with van der Waals surface area (Å²) in [6.07, 6.45) is 2.12. The van der Waals surface area contributed by atoms with Gasteiger partial charge in [-0.2, -0.15) is 0 Å². The molecule has 0 spiro atoms. The van der Waals surface area contributed by atoms with Gasteiger partial charge in [0.15, 0.2) is 0 Å². The number of thiazole rings is 1. The number of aromatic nitrogens is 1. The second-order valence-electron chi connectivity index (χ2n) is 7.06. The Morgan fingerprint density at radius 3 is 2.59 bits per heavy atom. The number of benzene rings is 2. The highest BCUT2D eigenvalue weighted by Crippen LogP contribution is 2.24. The lowest BCUT2D eigenvalue weighted by atomic mass is 10.1. The molecular weight excluding hydrogens is 384 g/mol. The highest BCUT2D eigenvalue weighted by atomic mass is 32.1. The number of nitrogens with one attached hydrogen (secondary N) is 3. The third kappa shape index (κ3) is 5.20. The van der Waals surface area contributed by atoms with E-state index >= 15 is 0 Å². The van der Waals surface area contributed by atoms with Crippen LogP contribution in [0.15, 0.2) is 53.9 Å². The molecule has 6 nitrogen and oxygen atoms in total. The second-order valence-corrected chi connectivity index (χ2v) is 8.12. The third-order valence-electron chi connectivity index (χ3n) is 4.57. The van der Waals surface area contributed by atoms with Crippen molar-refractivity contribution in [2.24, 2.45) is 0 Å². The quantitative estimate of drug-likeness (QED) is 0.553. The lowest BCUT2D eigenvalue weighted by Gasteiger charge is -2.09. The molecule has 2 aromatic carbocycles. The summed E-state index contributed by atoms with van der Waals surface area (Å²) >= 11 is 1.60. The van der Waals surface area contributed by atoms with E-state index in [0.29, 0.717) is 11.6 Å². The Morgan fingerprint density at radius 2 is 1.90 bits per heavy atom. The smallest absolute Gasteiger partial charge is 0.251 e. The minimum atomic E-state index is -0.146. The zero-order valence-electron chi connectivity index (χ0n) is 16.1. The molecule has 1 aliphatic rings. The van der Waals surface area contributed by atoms with Gasteiger partial charge in [0.05, 0.1) is 17.2 Å². The molecule has 0 unspecified atom stereocenters. The fourth-order valence-corrected chi connectivity index (χ4v) is 3.50. The molecule has 4 rings (SSSR count). The number of rotatable bonds is 7. The van der Waals surface area contributed by atoms with Crippen LogP contribution in [0.25, 0.3) is 11.3 Å². The first-order chi connectivity index (χ1) is 14.1. The van der Waals surface area contributed by atoms with Gasteiger partial charge in [-0.3, -0.25) is 9.59 Å². The first-order valence-electron chi connectivity index (χ1n) is 9.54. The maximum absolute atomic E-state index is 12.3. The minimum Gasteiger partial charge on any atom is -0.376 e. The summed E-state index contributed by atoms with van der Waals surface area (Å²) < 4.78 is 0. The highest BCUT2D eigenvalue weighted by Gasteiger charge is 2.23. The van der Waals surface area contributed by atoms with Gasteiger partial charge in [-0.05, 0) is 56.2 Å². The fourth-order valence-electron chi connectivity index (χ4n) is 2.88. The number of nitrogens with zero attached hydrogens (tertiary/aromatic N) is 1. The lowest BCUT2D eigenvalue weighted by molar-refractivity contribution is -0.114. The van der Waals surface area contributed by atoms with Crippen LogP contribution in [0.2, 0.25) is 0 Å². The van der Waals surface area contributed by atoms with Crippen molar-refractivity contribution < 1.29 is 9.59 Å². The predicted octanol–water partition coefficient (Wildman–Crippen LogP) is 4.06. The number of aryl methyl sites for hydroxylation is 1. The molecule has 0 aliphatic heterocycles. The van der Waals surface area contributed by atoms with Crippen molar-refractivity contribution in [2.45, 2.75) is 25.8 Å². The SMILES string of the molecule is Cc1nc(-c2cccc(NC(=O)CNc3ccc(C(=O)NC4CC4)cc3)c2)cs1. The zero-order valence-corrected chi connectivity index (χ0v) is 16.9. The van der Waals surface area contributed by atoms with Crippen molar-refractivity contribution in [3.05, 3.63) is 64.5 Å². The molecule has 0 atom stereocenters. The molecule has 0 radical (unpaired) electrons. The molecule has 3 N–H and O–H groups in total. The van der Waals surface area contributed by atoms with Crippen LogP contribution in [0.5, 0.6) is 0 Å². The summed E-state index contributed by atoms with van der Waals surface area (Å²) in [5.41, 5.74) is 4.02. The second kappa shape index (κ2) is 8.45. The van der Waals surface area contributed by atoms with Crippen LogP contribution in [0.3, 0.4) is 0 Å². The van der Waals surface area contributed by atoms with Gasteiger partial charge in [0.1, 0.15) is 0 Å². The Bertz CT molecular complexity index is 1030. The molecule has 148 valence electrons. The molecule has 1 fully saturated rings. The standard InChI is InChI=1S/C22H22N4O2S/c1-14-24-20(13-29-14)16-3-2-4-19(11-16)25-21(27)12-23-17-7-5-15(6-8-17)22(28)26-18-9-10-18/h2-8,11,13,18,23H,9-10,12H2,1H3,(H,25,27)(H,26,28). The third-order valence-corrected chi connectivity index (χ3v) is 5.35.